The Morgan fingerprint density at radius 2 is 1.98 bits per heavy atom. The van der Waals surface area contributed by atoms with Crippen LogP contribution in [0.1, 0.15) is 51.8 Å². The van der Waals surface area contributed by atoms with Crippen molar-refractivity contribution >= 4 is 40.7 Å². The second-order valence-electron chi connectivity index (χ2n) is 11.2. The van der Waals surface area contributed by atoms with Gasteiger partial charge < -0.3 is 20.5 Å². The molecular weight excluding hydrogens is 526 g/mol. The molecule has 3 atom stereocenters. The molecule has 0 spiro atoms. The van der Waals surface area contributed by atoms with Crippen LogP contribution in [0.2, 0.25) is 0 Å². The second kappa shape index (κ2) is 12.8. The van der Waals surface area contributed by atoms with E-state index in [0.717, 1.165) is 28.6 Å². The third-order valence-electron chi connectivity index (χ3n) is 7.46. The summed E-state index contributed by atoms with van der Waals surface area (Å²) in [6.45, 7) is 7.95. The molecule has 2 aliphatic heterocycles. The second-order valence-corrected chi connectivity index (χ2v) is 11.2. The van der Waals surface area contributed by atoms with E-state index in [1.165, 1.54) is 5.01 Å². The number of hydrogen-bond donors (Lipinski definition) is 3. The zero-order valence-electron chi connectivity index (χ0n) is 24.0. The lowest BCUT2D eigenvalue weighted by molar-refractivity contribution is -0.177. The number of carbonyl (C=O) groups is 4. The number of aryl methyl sites for hydroxylation is 1. The third kappa shape index (κ3) is 7.28. The van der Waals surface area contributed by atoms with E-state index in [0.29, 0.717) is 19.4 Å². The Morgan fingerprint density at radius 1 is 1.24 bits per heavy atom. The first-order valence-corrected chi connectivity index (χ1v) is 14.0. The van der Waals surface area contributed by atoms with Gasteiger partial charge in [0.05, 0.1) is 30.1 Å². The van der Waals surface area contributed by atoms with Gasteiger partial charge in [-0.1, -0.05) is 37.3 Å². The normalized spacial score (nSPS) is 19.4. The summed E-state index contributed by atoms with van der Waals surface area (Å²) in [5, 5.41) is 5.00. The molecule has 3 heterocycles. The highest BCUT2D eigenvalue weighted by molar-refractivity contribution is 5.91. The van der Waals surface area contributed by atoms with Crippen LogP contribution in [0.15, 0.2) is 36.4 Å². The molecule has 11 heteroatoms. The number of primary amides is 1. The van der Waals surface area contributed by atoms with Crippen LogP contribution in [0.5, 0.6) is 0 Å². The zero-order valence-corrected chi connectivity index (χ0v) is 24.0. The number of benzene rings is 1. The molecule has 4 N–H and O–H groups in total. The molecule has 0 saturated carbocycles. The van der Waals surface area contributed by atoms with Crippen molar-refractivity contribution in [2.24, 2.45) is 17.1 Å². The number of esters is 1. The van der Waals surface area contributed by atoms with Crippen LogP contribution in [0, 0.1) is 11.3 Å². The maximum Gasteiger partial charge on any atom is 0.316 e. The van der Waals surface area contributed by atoms with E-state index in [4.69, 9.17) is 15.2 Å². The smallest absolute Gasteiger partial charge is 0.316 e. The van der Waals surface area contributed by atoms with E-state index in [1.54, 1.807) is 26.8 Å². The molecule has 2 aliphatic rings. The molecule has 0 aliphatic carbocycles. The number of fused-ring (bicyclic) bond motifs is 1. The Hall–Kier alpha value is -3.83. The SMILES string of the molecule is CCc1ccc2ccc(/C=C/C(C)(C)C(=O)OC(C(=O)NC(C)C(=O)N3CCCC(C(N)=O)N3)C3COC3)cc2n1. The number of nitrogens with one attached hydrogen (secondary N) is 2. The summed E-state index contributed by atoms with van der Waals surface area (Å²) in [7, 11) is 0. The molecule has 1 aromatic carbocycles. The van der Waals surface area contributed by atoms with E-state index in [1.807, 2.05) is 36.4 Å². The molecule has 2 fully saturated rings. The van der Waals surface area contributed by atoms with Gasteiger partial charge in [-0.25, -0.2) is 5.43 Å². The number of amides is 3. The largest absolute Gasteiger partial charge is 0.451 e. The molecule has 2 aromatic rings. The van der Waals surface area contributed by atoms with Crippen LogP contribution >= 0.6 is 0 Å². The summed E-state index contributed by atoms with van der Waals surface area (Å²) in [5.74, 6) is -2.45. The maximum atomic E-state index is 13.3. The fourth-order valence-corrected chi connectivity index (χ4v) is 4.65. The lowest BCUT2D eigenvalue weighted by Crippen LogP contribution is -2.61. The van der Waals surface area contributed by atoms with Crippen molar-refractivity contribution in [1.82, 2.24) is 20.7 Å². The lowest BCUT2D eigenvalue weighted by Gasteiger charge is -2.36. The van der Waals surface area contributed by atoms with Crippen molar-refractivity contribution in [3.63, 3.8) is 0 Å². The Bertz CT molecular complexity index is 1340. The molecule has 220 valence electrons. The molecule has 11 nitrogen and oxygen atoms in total. The molecule has 4 rings (SSSR count). The molecule has 1 aromatic heterocycles. The van der Waals surface area contributed by atoms with Crippen LogP contribution in [-0.4, -0.2) is 71.6 Å². The third-order valence-corrected chi connectivity index (χ3v) is 7.46. The number of hydrogen-bond acceptors (Lipinski definition) is 8. The highest BCUT2D eigenvalue weighted by Gasteiger charge is 2.41. The monoisotopic (exact) mass is 565 g/mol. The highest BCUT2D eigenvalue weighted by atomic mass is 16.6. The Balaban J connectivity index is 1.40. The van der Waals surface area contributed by atoms with Crippen LogP contribution in [0.3, 0.4) is 0 Å². The van der Waals surface area contributed by atoms with E-state index >= 15 is 0 Å². The predicted molar refractivity (Wildman–Crippen MR) is 153 cm³/mol. The quantitative estimate of drug-likeness (QED) is 0.369. The Kier molecular flexibility index (Phi) is 9.39. The predicted octanol–water partition coefficient (Wildman–Crippen LogP) is 1.88. The van der Waals surface area contributed by atoms with Gasteiger partial charge in [-0.15, -0.1) is 0 Å². The first-order chi connectivity index (χ1) is 19.5. The average molecular weight is 566 g/mol. The van der Waals surface area contributed by atoms with Crippen molar-refractivity contribution in [1.29, 1.82) is 0 Å². The number of nitrogens with zero attached hydrogens (tertiary/aromatic N) is 2. The van der Waals surface area contributed by atoms with Crippen molar-refractivity contribution in [3.05, 3.63) is 47.7 Å². The highest BCUT2D eigenvalue weighted by Crippen LogP contribution is 2.26. The standard InChI is InChI=1S/C30H39N5O6/c1-5-22-11-10-20-9-8-19(15-24(20)33-22)12-13-30(3,4)29(39)41-25(21-16-40-17-21)27(37)32-18(2)28(38)35-14-6-7-23(34-35)26(31)36/h8-13,15,18,21,23,25,34H,5-7,14,16-17H2,1-4H3,(H2,31,36)(H,32,37)/b13-12+. The average Bonchev–Trinajstić information content (AvgIpc) is 2.93. The minimum Gasteiger partial charge on any atom is -0.451 e. The van der Waals surface area contributed by atoms with Gasteiger partial charge in [-0.3, -0.25) is 29.2 Å². The Labute approximate surface area is 239 Å². The number of aromatic nitrogens is 1. The van der Waals surface area contributed by atoms with E-state index in [-0.39, 0.29) is 19.1 Å². The number of rotatable bonds is 10. The number of nitrogens with two attached hydrogens (primary N) is 1. The van der Waals surface area contributed by atoms with Gasteiger partial charge in [0.25, 0.3) is 11.8 Å². The first-order valence-electron chi connectivity index (χ1n) is 14.0. The fourth-order valence-electron chi connectivity index (χ4n) is 4.65. The van der Waals surface area contributed by atoms with Gasteiger partial charge in [0, 0.05) is 17.6 Å². The minimum atomic E-state index is -1.12. The Morgan fingerprint density at radius 3 is 2.63 bits per heavy atom. The molecular formula is C30H39N5O6. The minimum absolute atomic E-state index is 0.266. The molecule has 2 saturated heterocycles. The summed E-state index contributed by atoms with van der Waals surface area (Å²) in [6, 6.07) is 8.39. The molecule has 0 bridgehead atoms. The topological polar surface area (TPSA) is 153 Å². The first kappa shape index (κ1) is 30.1. The van der Waals surface area contributed by atoms with Gasteiger partial charge in [0.15, 0.2) is 6.10 Å². The maximum absolute atomic E-state index is 13.3. The molecule has 41 heavy (non-hydrogen) atoms. The summed E-state index contributed by atoms with van der Waals surface area (Å²) >= 11 is 0. The summed E-state index contributed by atoms with van der Waals surface area (Å²) in [6.07, 6.45) is 4.44. The number of carbonyl (C=O) groups excluding carboxylic acids is 4. The van der Waals surface area contributed by atoms with Crippen LogP contribution in [-0.2, 0) is 35.1 Å². The molecule has 0 radical (unpaired) electrons. The molecule has 3 unspecified atom stereocenters. The van der Waals surface area contributed by atoms with Gasteiger partial charge in [-0.05, 0) is 57.7 Å². The fraction of sp³-hybridized carbons (Fsp3) is 0.500. The summed E-state index contributed by atoms with van der Waals surface area (Å²) in [4.78, 5) is 55.7. The van der Waals surface area contributed by atoms with E-state index < -0.39 is 47.3 Å². The van der Waals surface area contributed by atoms with Gasteiger partial charge >= 0.3 is 5.97 Å². The zero-order chi connectivity index (χ0) is 29.7. The van der Waals surface area contributed by atoms with Crippen LogP contribution < -0.4 is 16.5 Å². The van der Waals surface area contributed by atoms with Crippen molar-refractivity contribution < 1.29 is 28.7 Å². The van der Waals surface area contributed by atoms with Gasteiger partial charge in [0.1, 0.15) is 12.1 Å². The lowest BCUT2D eigenvalue weighted by atomic mass is 9.91. The van der Waals surface area contributed by atoms with Crippen LogP contribution in [0.4, 0.5) is 0 Å². The van der Waals surface area contributed by atoms with Crippen molar-refractivity contribution in [2.75, 3.05) is 19.8 Å². The van der Waals surface area contributed by atoms with Gasteiger partial charge in [0.2, 0.25) is 5.91 Å². The van der Waals surface area contributed by atoms with E-state index in [2.05, 4.69) is 22.7 Å². The van der Waals surface area contributed by atoms with Crippen LogP contribution in [0.25, 0.3) is 17.0 Å². The number of pyridine rings is 1. The van der Waals surface area contributed by atoms with Crippen molar-refractivity contribution in [3.8, 4) is 0 Å². The van der Waals surface area contributed by atoms with Gasteiger partial charge in [-0.2, -0.15) is 0 Å². The summed E-state index contributed by atoms with van der Waals surface area (Å²) in [5.41, 5.74) is 9.92. The summed E-state index contributed by atoms with van der Waals surface area (Å²) < 4.78 is 11.0. The number of ether oxygens (including phenoxy) is 2. The molecule has 3 amide bonds. The number of hydrazine groups is 1. The van der Waals surface area contributed by atoms with Crippen molar-refractivity contribution in [2.45, 2.75) is 65.1 Å². The van der Waals surface area contributed by atoms with E-state index in [9.17, 15) is 19.2 Å².